The fourth-order valence-corrected chi connectivity index (χ4v) is 5.21. The Balaban J connectivity index is 1.45. The van der Waals surface area contributed by atoms with Crippen molar-refractivity contribution in [2.75, 3.05) is 31.5 Å². The third-order valence-corrected chi connectivity index (χ3v) is 6.94. The van der Waals surface area contributed by atoms with E-state index >= 15 is 0 Å². The summed E-state index contributed by atoms with van der Waals surface area (Å²) >= 11 is 13.9. The van der Waals surface area contributed by atoms with Crippen molar-refractivity contribution in [1.29, 1.82) is 0 Å². The molecule has 2 amide bonds. The zero-order chi connectivity index (χ0) is 22.9. The number of carbonyl (C=O) groups excluding carboxylic acids is 1. The average molecular weight is 503 g/mol. The van der Waals surface area contributed by atoms with Crippen molar-refractivity contribution >= 4 is 56.6 Å². The van der Waals surface area contributed by atoms with Gasteiger partial charge in [0.05, 0.1) is 16.1 Å². The molecule has 0 atom stereocenters. The number of urea groups is 1. The van der Waals surface area contributed by atoms with Gasteiger partial charge in [0.25, 0.3) is 0 Å². The lowest BCUT2D eigenvalue weighted by Gasteiger charge is -2.14. The minimum absolute atomic E-state index is 0.0887. The smallest absolute Gasteiger partial charge is 0.317 e. The molecule has 0 aliphatic carbocycles. The quantitative estimate of drug-likeness (QED) is 0.349. The van der Waals surface area contributed by atoms with Crippen LogP contribution in [0.15, 0.2) is 42.7 Å². The van der Waals surface area contributed by atoms with Gasteiger partial charge >= 0.3 is 6.03 Å². The number of fused-ring (bicyclic) bond motifs is 1. The number of hydrogen-bond acceptors (Lipinski definition) is 6. The first kappa shape index (κ1) is 21.8. The molecule has 3 aromatic heterocycles. The topological polar surface area (TPSA) is 83.0 Å². The van der Waals surface area contributed by atoms with Crippen LogP contribution in [0, 0.1) is 5.82 Å². The van der Waals surface area contributed by atoms with Crippen molar-refractivity contribution in [2.24, 2.45) is 0 Å². The van der Waals surface area contributed by atoms with Crippen LogP contribution in [-0.4, -0.2) is 52.1 Å². The highest BCUT2D eigenvalue weighted by molar-refractivity contribution is 7.22. The lowest BCUT2D eigenvalue weighted by molar-refractivity contribution is 0.219. The maximum Gasteiger partial charge on any atom is 0.317 e. The molecule has 7 nitrogen and oxygen atoms in total. The van der Waals surface area contributed by atoms with Crippen LogP contribution in [-0.2, 0) is 0 Å². The van der Waals surface area contributed by atoms with Crippen LogP contribution in [0.2, 0.25) is 10.2 Å². The molecule has 2 N–H and O–H groups in total. The van der Waals surface area contributed by atoms with Crippen molar-refractivity contribution in [2.45, 2.75) is 0 Å². The first-order valence-corrected chi connectivity index (χ1v) is 11.7. The SMILES string of the molecule is O=C1NCCN1CCNc1ncc(F)c(-c2cc3cccc(-c4cc(Cl)ncc4Cl)c3s2)n1. The monoisotopic (exact) mass is 502 g/mol. The van der Waals surface area contributed by atoms with Crippen LogP contribution in [0.25, 0.3) is 31.8 Å². The van der Waals surface area contributed by atoms with E-state index in [1.165, 1.54) is 17.5 Å². The van der Waals surface area contributed by atoms with Crippen LogP contribution in [0.1, 0.15) is 0 Å². The second-order valence-corrected chi connectivity index (χ2v) is 9.20. The Morgan fingerprint density at radius 1 is 1.18 bits per heavy atom. The van der Waals surface area contributed by atoms with Crippen molar-refractivity contribution in [3.63, 3.8) is 0 Å². The van der Waals surface area contributed by atoms with Gasteiger partial charge in [0.1, 0.15) is 10.8 Å². The van der Waals surface area contributed by atoms with Crippen molar-refractivity contribution in [3.8, 4) is 21.7 Å². The number of nitrogens with one attached hydrogen (secondary N) is 2. The molecule has 1 aromatic carbocycles. The Labute approximate surface area is 202 Å². The standard InChI is InChI=1S/C22H17Cl2FN6OS/c23-15-10-28-18(24)9-14(15)13-3-1-2-12-8-17(33-20(12)13)19-16(25)11-29-21(30-19)26-4-6-31-7-5-27-22(31)32/h1-3,8-11H,4-7H2,(H,27,32)(H,26,29,30). The maximum atomic E-state index is 14.7. The Kier molecular flexibility index (Phi) is 6.01. The summed E-state index contributed by atoms with van der Waals surface area (Å²) in [6.07, 6.45) is 2.67. The summed E-state index contributed by atoms with van der Waals surface area (Å²) in [5, 5.41) is 7.58. The molecule has 11 heteroatoms. The number of carbonyl (C=O) groups is 1. The highest BCUT2D eigenvalue weighted by atomic mass is 35.5. The number of rotatable bonds is 6. The van der Waals surface area contributed by atoms with Crippen molar-refractivity contribution in [3.05, 3.63) is 58.7 Å². The number of thiophene rings is 1. The fraction of sp³-hybridized carbons (Fsp3) is 0.182. The van der Waals surface area contributed by atoms with Gasteiger partial charge < -0.3 is 15.5 Å². The number of amides is 2. The third-order valence-electron chi connectivity index (χ3n) is 5.24. The van der Waals surface area contributed by atoms with Gasteiger partial charge in [0, 0.05) is 48.2 Å². The van der Waals surface area contributed by atoms with Crippen LogP contribution in [0.3, 0.4) is 0 Å². The molecule has 33 heavy (non-hydrogen) atoms. The molecule has 0 unspecified atom stereocenters. The van der Waals surface area contributed by atoms with Gasteiger partial charge in [-0.3, -0.25) is 0 Å². The molecule has 4 heterocycles. The fourth-order valence-electron chi connectivity index (χ4n) is 3.66. The number of nitrogens with zero attached hydrogens (tertiary/aromatic N) is 4. The number of anilines is 1. The highest BCUT2D eigenvalue weighted by Gasteiger charge is 2.19. The summed E-state index contributed by atoms with van der Waals surface area (Å²) in [6, 6.07) is 9.33. The van der Waals surface area contributed by atoms with Crippen LogP contribution in [0.5, 0.6) is 0 Å². The molecule has 1 aliphatic heterocycles. The summed E-state index contributed by atoms with van der Waals surface area (Å²) in [7, 11) is 0. The molecule has 1 fully saturated rings. The first-order valence-electron chi connectivity index (χ1n) is 10.1. The van der Waals surface area contributed by atoms with E-state index in [0.717, 1.165) is 27.4 Å². The number of hydrogen-bond donors (Lipinski definition) is 2. The Bertz CT molecular complexity index is 1360. The van der Waals surface area contributed by atoms with E-state index in [2.05, 4.69) is 25.6 Å². The predicted octanol–water partition coefficient (Wildman–Crippen LogP) is 5.30. The molecule has 0 saturated carbocycles. The van der Waals surface area contributed by atoms with Gasteiger partial charge in [-0.25, -0.2) is 24.1 Å². The van der Waals surface area contributed by atoms with E-state index in [1.54, 1.807) is 11.0 Å². The van der Waals surface area contributed by atoms with Gasteiger partial charge in [0.2, 0.25) is 5.95 Å². The highest BCUT2D eigenvalue weighted by Crippen LogP contribution is 2.41. The van der Waals surface area contributed by atoms with E-state index in [1.807, 2.05) is 24.3 Å². The number of benzene rings is 1. The molecular formula is C22H17Cl2FN6OS. The van der Waals surface area contributed by atoms with E-state index in [0.29, 0.717) is 47.2 Å². The van der Waals surface area contributed by atoms with Crippen LogP contribution >= 0.6 is 34.5 Å². The average Bonchev–Trinajstić information content (AvgIpc) is 3.42. The molecular weight excluding hydrogens is 486 g/mol. The third kappa shape index (κ3) is 4.44. The Morgan fingerprint density at radius 2 is 2.06 bits per heavy atom. The molecule has 0 spiro atoms. The molecule has 4 aromatic rings. The Hall–Kier alpha value is -3.01. The Morgan fingerprint density at radius 3 is 2.88 bits per heavy atom. The zero-order valence-electron chi connectivity index (χ0n) is 17.1. The minimum Gasteiger partial charge on any atom is -0.352 e. The lowest BCUT2D eigenvalue weighted by atomic mass is 10.1. The van der Waals surface area contributed by atoms with Crippen molar-refractivity contribution in [1.82, 2.24) is 25.2 Å². The van der Waals surface area contributed by atoms with Gasteiger partial charge in [-0.1, -0.05) is 41.4 Å². The zero-order valence-corrected chi connectivity index (χ0v) is 19.4. The molecule has 168 valence electrons. The van der Waals surface area contributed by atoms with Crippen LogP contribution in [0.4, 0.5) is 15.1 Å². The number of pyridine rings is 1. The molecule has 0 radical (unpaired) electrons. The summed E-state index contributed by atoms with van der Waals surface area (Å²) in [5.41, 5.74) is 1.85. The van der Waals surface area contributed by atoms with E-state index < -0.39 is 5.82 Å². The number of halogens is 3. The lowest BCUT2D eigenvalue weighted by Crippen LogP contribution is -2.32. The van der Waals surface area contributed by atoms with Gasteiger partial charge in [-0.2, -0.15) is 0 Å². The summed E-state index contributed by atoms with van der Waals surface area (Å²) in [5.74, 6) is -0.217. The normalized spacial score (nSPS) is 13.5. The van der Waals surface area contributed by atoms with Gasteiger partial charge in [0.15, 0.2) is 5.82 Å². The molecule has 5 rings (SSSR count). The molecule has 1 saturated heterocycles. The van der Waals surface area contributed by atoms with E-state index in [-0.39, 0.29) is 11.7 Å². The van der Waals surface area contributed by atoms with Gasteiger partial charge in [-0.05, 0) is 17.5 Å². The van der Waals surface area contributed by atoms with E-state index in [9.17, 15) is 9.18 Å². The number of aromatic nitrogens is 3. The molecule has 0 bridgehead atoms. The first-order chi connectivity index (χ1) is 16.0. The van der Waals surface area contributed by atoms with Crippen LogP contribution < -0.4 is 10.6 Å². The van der Waals surface area contributed by atoms with Gasteiger partial charge in [-0.15, -0.1) is 11.3 Å². The minimum atomic E-state index is -0.516. The second kappa shape index (κ2) is 9.09. The maximum absolute atomic E-state index is 14.7. The second-order valence-electron chi connectivity index (χ2n) is 7.36. The van der Waals surface area contributed by atoms with Crippen molar-refractivity contribution < 1.29 is 9.18 Å². The summed E-state index contributed by atoms with van der Waals surface area (Å²) in [4.78, 5) is 26.4. The largest absolute Gasteiger partial charge is 0.352 e. The molecule has 1 aliphatic rings. The summed E-state index contributed by atoms with van der Waals surface area (Å²) < 4.78 is 15.6. The van der Waals surface area contributed by atoms with E-state index in [4.69, 9.17) is 23.2 Å². The predicted molar refractivity (Wildman–Crippen MR) is 130 cm³/mol. The summed E-state index contributed by atoms with van der Waals surface area (Å²) in [6.45, 7) is 2.26.